The molecule has 0 aliphatic carbocycles. The highest BCUT2D eigenvalue weighted by molar-refractivity contribution is 5.88. The molecule has 9 N–H and O–H groups in total. The number of fused-ring (bicyclic) bond motifs is 1. The summed E-state index contributed by atoms with van der Waals surface area (Å²) in [5.41, 5.74) is -0.934. The van der Waals surface area contributed by atoms with E-state index in [2.05, 4.69) is 0 Å². The van der Waals surface area contributed by atoms with Crippen molar-refractivity contribution in [3.63, 3.8) is 0 Å². The zero-order chi connectivity index (χ0) is 30.5. The molecule has 3 aromatic rings. The monoisotopic (exact) mass is 594 g/mol. The second kappa shape index (κ2) is 11.6. The molecule has 0 saturated carbocycles. The Morgan fingerprint density at radius 1 is 0.810 bits per heavy atom. The summed E-state index contributed by atoms with van der Waals surface area (Å²) >= 11 is 0. The van der Waals surface area contributed by atoms with Crippen molar-refractivity contribution in [1.82, 2.24) is 0 Å². The Hall–Kier alpha value is -3.51. The van der Waals surface area contributed by atoms with E-state index >= 15 is 0 Å². The first kappa shape index (κ1) is 30.0. The van der Waals surface area contributed by atoms with Gasteiger partial charge in [0.05, 0.1) is 12.7 Å². The van der Waals surface area contributed by atoms with Gasteiger partial charge in [0.25, 0.3) is 0 Å². The maximum Gasteiger partial charge on any atom is 0.239 e. The number of hydrogen-bond acceptors (Lipinski definition) is 15. The van der Waals surface area contributed by atoms with Crippen molar-refractivity contribution in [3.05, 3.63) is 46.6 Å². The zero-order valence-electron chi connectivity index (χ0n) is 21.9. The second-order valence-electron chi connectivity index (χ2n) is 10.1. The highest BCUT2D eigenvalue weighted by atomic mass is 16.8. The van der Waals surface area contributed by atoms with Crippen LogP contribution in [0.15, 0.2) is 45.6 Å². The molecule has 0 spiro atoms. The lowest BCUT2D eigenvalue weighted by Crippen LogP contribution is -2.64. The van der Waals surface area contributed by atoms with Crippen molar-refractivity contribution >= 4 is 11.0 Å². The number of ether oxygens (including phenoxy) is 4. The average Bonchev–Trinajstić information content (AvgIpc) is 2.95. The van der Waals surface area contributed by atoms with Crippen LogP contribution >= 0.6 is 0 Å². The third-order valence-electron chi connectivity index (χ3n) is 7.21. The summed E-state index contributed by atoms with van der Waals surface area (Å²) in [5, 5.41) is 91.4. The minimum atomic E-state index is -1.88. The Bertz CT molecular complexity index is 1470. The largest absolute Gasteiger partial charge is 0.508 e. The van der Waals surface area contributed by atoms with E-state index in [-0.39, 0.29) is 28.0 Å². The highest BCUT2D eigenvalue weighted by Gasteiger charge is 2.51. The molecule has 2 aliphatic heterocycles. The van der Waals surface area contributed by atoms with Gasteiger partial charge in [-0.3, -0.25) is 4.79 Å². The third-order valence-corrected chi connectivity index (χ3v) is 7.21. The fourth-order valence-corrected chi connectivity index (χ4v) is 4.87. The molecule has 15 nitrogen and oxygen atoms in total. The van der Waals surface area contributed by atoms with Crippen LogP contribution in [0.5, 0.6) is 23.0 Å². The standard InChI is InChI=1S/C27H30O15/c1-9-17(32)21(36)25(42-26-22(37)20(35)18(33)15(8-28)40-26)27(38-9)41-24-19(34)16-13(31)6-12(30)7-14(16)39-23(24)10-2-4-11(29)5-3-10/h2-7,9,15,17-18,20-22,25-33,35-37H,8H2,1H3/t9-,15+,17-,18+,20-,21+,22+,25-,26-,27-/m0/s1. The first-order valence-corrected chi connectivity index (χ1v) is 12.9. The molecule has 15 heteroatoms. The maximum atomic E-state index is 13.7. The zero-order valence-corrected chi connectivity index (χ0v) is 21.9. The predicted octanol–water partition coefficient (Wildman–Crippen LogP) is -1.39. The molecule has 2 aromatic carbocycles. The number of aliphatic hydroxyl groups excluding tert-OH is 6. The lowest BCUT2D eigenvalue weighted by atomic mass is 9.97. The topological polar surface area (TPSA) is 249 Å². The summed E-state index contributed by atoms with van der Waals surface area (Å²) in [4.78, 5) is 13.7. The molecular weight excluding hydrogens is 564 g/mol. The molecule has 5 rings (SSSR count). The Labute approximate surface area is 236 Å². The smallest absolute Gasteiger partial charge is 0.239 e. The first-order chi connectivity index (χ1) is 19.9. The number of phenolic OH excluding ortho intramolecular Hbond substituents is 3. The van der Waals surface area contributed by atoms with Gasteiger partial charge in [-0.05, 0) is 31.2 Å². The van der Waals surface area contributed by atoms with E-state index in [0.717, 1.165) is 12.1 Å². The molecular formula is C27H30O15. The van der Waals surface area contributed by atoms with Gasteiger partial charge in [-0.25, -0.2) is 0 Å². The van der Waals surface area contributed by atoms with E-state index in [1.807, 2.05) is 0 Å². The second-order valence-corrected chi connectivity index (χ2v) is 10.1. The quantitative estimate of drug-likeness (QED) is 0.159. The summed E-state index contributed by atoms with van der Waals surface area (Å²) in [5.74, 6) is -1.93. The number of aromatic hydroxyl groups is 3. The van der Waals surface area contributed by atoms with Crippen molar-refractivity contribution < 1.29 is 69.3 Å². The van der Waals surface area contributed by atoms with Crippen molar-refractivity contribution in [3.8, 4) is 34.3 Å². The van der Waals surface area contributed by atoms with Crippen LogP contribution in [0, 0.1) is 0 Å². The van der Waals surface area contributed by atoms with E-state index in [4.69, 9.17) is 23.4 Å². The van der Waals surface area contributed by atoms with E-state index in [0.29, 0.717) is 0 Å². The van der Waals surface area contributed by atoms with Gasteiger partial charge in [0, 0.05) is 17.7 Å². The van der Waals surface area contributed by atoms with Crippen LogP contribution < -0.4 is 10.2 Å². The Morgan fingerprint density at radius 3 is 2.17 bits per heavy atom. The molecule has 2 saturated heterocycles. The van der Waals surface area contributed by atoms with Crippen LogP contribution in [0.25, 0.3) is 22.3 Å². The maximum absolute atomic E-state index is 13.7. The molecule has 0 unspecified atom stereocenters. The molecule has 3 heterocycles. The van der Waals surface area contributed by atoms with E-state index in [1.165, 1.54) is 31.2 Å². The van der Waals surface area contributed by atoms with Crippen LogP contribution in [0.2, 0.25) is 0 Å². The van der Waals surface area contributed by atoms with Crippen molar-refractivity contribution in [2.24, 2.45) is 0 Å². The summed E-state index contributed by atoms with van der Waals surface area (Å²) in [7, 11) is 0. The molecule has 0 bridgehead atoms. The number of phenols is 3. The third kappa shape index (κ3) is 5.37. The lowest BCUT2D eigenvalue weighted by Gasteiger charge is -2.45. The van der Waals surface area contributed by atoms with Crippen LogP contribution in [-0.2, 0) is 14.2 Å². The van der Waals surface area contributed by atoms with Gasteiger partial charge in [-0.1, -0.05) is 0 Å². The average molecular weight is 595 g/mol. The van der Waals surface area contributed by atoms with Gasteiger partial charge in [0.2, 0.25) is 17.5 Å². The Balaban J connectivity index is 1.58. The first-order valence-electron chi connectivity index (χ1n) is 12.9. The summed E-state index contributed by atoms with van der Waals surface area (Å²) in [6.07, 6.45) is -16.4. The molecule has 0 amide bonds. The van der Waals surface area contributed by atoms with E-state index in [9.17, 15) is 50.8 Å². The number of rotatable bonds is 6. The minimum absolute atomic E-state index is 0.103. The van der Waals surface area contributed by atoms with Crippen molar-refractivity contribution in [1.29, 1.82) is 0 Å². The number of aliphatic hydroxyl groups is 6. The molecule has 2 aliphatic rings. The molecule has 0 radical (unpaired) electrons. The van der Waals surface area contributed by atoms with Crippen LogP contribution in [0.3, 0.4) is 0 Å². The van der Waals surface area contributed by atoms with E-state index in [1.54, 1.807) is 0 Å². The molecule has 1 aromatic heterocycles. The normalized spacial score (nSPS) is 33.5. The SMILES string of the molecule is C[C@@H]1O[C@@H](Oc2c(-c3ccc(O)cc3)oc3cc(O)cc(O)c3c2=O)[C@@H](O[C@@H]2O[C@H](CO)[C@@H](O)[C@H](O)[C@H]2O)[C@H](O)[C@H]1O. The van der Waals surface area contributed by atoms with Gasteiger partial charge in [0.1, 0.15) is 64.8 Å². The molecule has 10 atom stereocenters. The van der Waals surface area contributed by atoms with Gasteiger partial charge in [-0.15, -0.1) is 0 Å². The predicted molar refractivity (Wildman–Crippen MR) is 139 cm³/mol. The van der Waals surface area contributed by atoms with Gasteiger partial charge >= 0.3 is 0 Å². The fraction of sp³-hybridized carbons (Fsp3) is 0.444. The molecule has 228 valence electrons. The van der Waals surface area contributed by atoms with Gasteiger partial charge in [0.15, 0.2) is 18.2 Å². The van der Waals surface area contributed by atoms with Crippen LogP contribution in [0.4, 0.5) is 0 Å². The molecule has 2 fully saturated rings. The van der Waals surface area contributed by atoms with Crippen LogP contribution in [0.1, 0.15) is 6.92 Å². The summed E-state index contributed by atoms with van der Waals surface area (Å²) < 4.78 is 28.5. The number of hydrogen-bond donors (Lipinski definition) is 9. The van der Waals surface area contributed by atoms with E-state index < -0.39 is 90.7 Å². The number of benzene rings is 2. The summed E-state index contributed by atoms with van der Waals surface area (Å²) in [6.45, 7) is 0.633. The van der Waals surface area contributed by atoms with Crippen molar-refractivity contribution in [2.45, 2.75) is 68.3 Å². The summed E-state index contributed by atoms with van der Waals surface area (Å²) in [6, 6.07) is 7.38. The van der Waals surface area contributed by atoms with Gasteiger partial charge < -0.3 is 69.3 Å². The Morgan fingerprint density at radius 2 is 1.50 bits per heavy atom. The highest BCUT2D eigenvalue weighted by Crippen LogP contribution is 2.38. The van der Waals surface area contributed by atoms with Crippen molar-refractivity contribution in [2.75, 3.05) is 6.61 Å². The van der Waals surface area contributed by atoms with Crippen LogP contribution in [-0.4, -0.2) is 114 Å². The Kier molecular flexibility index (Phi) is 8.30. The minimum Gasteiger partial charge on any atom is -0.508 e. The van der Waals surface area contributed by atoms with Gasteiger partial charge in [-0.2, -0.15) is 0 Å². The molecule has 42 heavy (non-hydrogen) atoms. The lowest BCUT2D eigenvalue weighted by molar-refractivity contribution is -0.355. The fourth-order valence-electron chi connectivity index (χ4n) is 4.87.